The van der Waals surface area contributed by atoms with Crippen molar-refractivity contribution in [3.63, 3.8) is 0 Å². The predicted molar refractivity (Wildman–Crippen MR) is 118 cm³/mol. The van der Waals surface area contributed by atoms with Crippen molar-refractivity contribution in [2.24, 2.45) is 5.73 Å². The molecular weight excluding hydrogens is 410 g/mol. The summed E-state index contributed by atoms with van der Waals surface area (Å²) in [6.07, 6.45) is 2.24. The maximum absolute atomic E-state index is 12.4. The number of rotatable bonds is 8. The van der Waals surface area contributed by atoms with Crippen LogP contribution in [0.4, 0.5) is 0 Å². The van der Waals surface area contributed by atoms with Crippen molar-refractivity contribution in [2.45, 2.75) is 13.0 Å². The van der Waals surface area contributed by atoms with Crippen molar-refractivity contribution >= 4 is 17.5 Å². The number of hydrogen-bond acceptors (Lipinski definition) is 5. The summed E-state index contributed by atoms with van der Waals surface area (Å²) in [6, 6.07) is 18.5. The Labute approximate surface area is 183 Å². The lowest BCUT2D eigenvalue weighted by Gasteiger charge is -2.08. The molecule has 0 bridgehead atoms. The summed E-state index contributed by atoms with van der Waals surface area (Å²) in [5, 5.41) is 7.10. The number of nitrogens with two attached hydrogens (primary N) is 1. The average molecular weight is 431 g/mol. The number of aromatic nitrogens is 3. The normalized spacial score (nSPS) is 10.8. The Balaban J connectivity index is 1.27. The molecule has 9 heteroatoms. The molecule has 0 saturated carbocycles. The van der Waals surface area contributed by atoms with E-state index in [-0.39, 0.29) is 11.6 Å². The number of carbonyl (C=O) groups is 2. The molecule has 0 aliphatic heterocycles. The summed E-state index contributed by atoms with van der Waals surface area (Å²) in [7, 11) is 0. The zero-order valence-corrected chi connectivity index (χ0v) is 17.1. The molecule has 32 heavy (non-hydrogen) atoms. The van der Waals surface area contributed by atoms with Gasteiger partial charge in [0.2, 0.25) is 5.91 Å². The second-order valence-electron chi connectivity index (χ2n) is 7.06. The van der Waals surface area contributed by atoms with E-state index in [1.54, 1.807) is 66.9 Å². The molecule has 2 heterocycles. The fourth-order valence-corrected chi connectivity index (χ4v) is 3.14. The molecule has 4 aromatic rings. The van der Waals surface area contributed by atoms with E-state index in [1.165, 1.54) is 9.08 Å². The minimum absolute atomic E-state index is 0.202. The summed E-state index contributed by atoms with van der Waals surface area (Å²) >= 11 is 0. The number of ether oxygens (including phenoxy) is 1. The fraction of sp³-hybridized carbons (Fsp3) is 0.130. The molecule has 3 N–H and O–H groups in total. The number of amides is 2. The predicted octanol–water partition coefficient (Wildman–Crippen LogP) is 2.21. The quantitative estimate of drug-likeness (QED) is 0.415. The Kier molecular flexibility index (Phi) is 5.98. The fourth-order valence-electron chi connectivity index (χ4n) is 3.14. The number of benzene rings is 2. The zero-order chi connectivity index (χ0) is 22.5. The van der Waals surface area contributed by atoms with Gasteiger partial charge < -0.3 is 15.8 Å². The zero-order valence-electron chi connectivity index (χ0n) is 17.1. The van der Waals surface area contributed by atoms with Crippen LogP contribution in [0.25, 0.3) is 5.65 Å². The molecule has 2 aromatic carbocycles. The van der Waals surface area contributed by atoms with Crippen LogP contribution >= 0.6 is 0 Å². The van der Waals surface area contributed by atoms with Crippen molar-refractivity contribution < 1.29 is 14.3 Å². The molecule has 0 aliphatic rings. The number of nitrogens with zero attached hydrogens (tertiary/aromatic N) is 3. The van der Waals surface area contributed by atoms with E-state index < -0.39 is 5.91 Å². The number of hydrogen-bond donors (Lipinski definition) is 2. The van der Waals surface area contributed by atoms with Gasteiger partial charge in [0, 0.05) is 30.4 Å². The van der Waals surface area contributed by atoms with E-state index in [1.807, 2.05) is 6.07 Å². The van der Waals surface area contributed by atoms with Crippen LogP contribution < -0.4 is 21.5 Å². The van der Waals surface area contributed by atoms with E-state index in [0.29, 0.717) is 47.8 Å². The van der Waals surface area contributed by atoms with Crippen molar-refractivity contribution in [1.29, 1.82) is 0 Å². The van der Waals surface area contributed by atoms with Gasteiger partial charge in [-0.2, -0.15) is 0 Å². The summed E-state index contributed by atoms with van der Waals surface area (Å²) in [5.41, 5.74) is 6.50. The number of primary amides is 1. The van der Waals surface area contributed by atoms with Crippen LogP contribution in [0, 0.1) is 0 Å². The lowest BCUT2D eigenvalue weighted by molar-refractivity contribution is 0.0951. The maximum Gasteiger partial charge on any atom is 0.350 e. The standard InChI is InChI=1S/C23H21N5O4/c24-21(29)16-5-9-18(10-6-16)32-19-11-7-17(8-12-19)22(30)25-13-3-15-28-23(31)27-14-2-1-4-20(27)26-28/h1-2,4-12,14H,3,13,15H2,(H2,24,29)(H,25,30). The summed E-state index contributed by atoms with van der Waals surface area (Å²) < 4.78 is 8.58. The highest BCUT2D eigenvalue weighted by molar-refractivity contribution is 5.94. The van der Waals surface area contributed by atoms with E-state index >= 15 is 0 Å². The van der Waals surface area contributed by atoms with Crippen molar-refractivity contribution in [2.75, 3.05) is 6.54 Å². The molecule has 0 atom stereocenters. The van der Waals surface area contributed by atoms with Gasteiger partial charge in [0.25, 0.3) is 5.91 Å². The number of nitrogens with one attached hydrogen (secondary N) is 1. The van der Waals surface area contributed by atoms with Gasteiger partial charge in [0.1, 0.15) is 11.5 Å². The Morgan fingerprint density at radius 3 is 2.22 bits per heavy atom. The van der Waals surface area contributed by atoms with Gasteiger partial charge in [-0.15, -0.1) is 5.10 Å². The van der Waals surface area contributed by atoms with Crippen LogP contribution in [0.5, 0.6) is 11.5 Å². The van der Waals surface area contributed by atoms with Gasteiger partial charge in [0.05, 0.1) is 0 Å². The van der Waals surface area contributed by atoms with Crippen LogP contribution in [-0.2, 0) is 6.54 Å². The largest absolute Gasteiger partial charge is 0.457 e. The van der Waals surface area contributed by atoms with E-state index in [2.05, 4.69) is 10.4 Å². The van der Waals surface area contributed by atoms with Gasteiger partial charge in [-0.3, -0.25) is 14.0 Å². The van der Waals surface area contributed by atoms with E-state index in [9.17, 15) is 14.4 Å². The molecule has 0 saturated heterocycles. The van der Waals surface area contributed by atoms with Crippen molar-refractivity contribution in [3.05, 3.63) is 94.5 Å². The Bertz CT molecular complexity index is 1310. The molecular formula is C23H21N5O4. The van der Waals surface area contributed by atoms with Gasteiger partial charge in [0.15, 0.2) is 5.65 Å². The summed E-state index contributed by atoms with van der Waals surface area (Å²) in [4.78, 5) is 35.7. The first-order valence-electron chi connectivity index (χ1n) is 10.0. The van der Waals surface area contributed by atoms with Crippen molar-refractivity contribution in [3.8, 4) is 11.5 Å². The highest BCUT2D eigenvalue weighted by Gasteiger charge is 2.08. The maximum atomic E-state index is 12.4. The Morgan fingerprint density at radius 2 is 1.59 bits per heavy atom. The highest BCUT2D eigenvalue weighted by Crippen LogP contribution is 2.22. The van der Waals surface area contributed by atoms with Crippen molar-refractivity contribution in [1.82, 2.24) is 19.5 Å². The average Bonchev–Trinajstić information content (AvgIpc) is 3.13. The van der Waals surface area contributed by atoms with Crippen LogP contribution in [0.3, 0.4) is 0 Å². The molecule has 0 radical (unpaired) electrons. The highest BCUT2D eigenvalue weighted by atomic mass is 16.5. The third-order valence-electron chi connectivity index (χ3n) is 4.81. The first kappa shape index (κ1) is 20.9. The molecule has 2 aromatic heterocycles. The second kappa shape index (κ2) is 9.17. The summed E-state index contributed by atoms with van der Waals surface area (Å²) in [6.45, 7) is 0.811. The smallest absolute Gasteiger partial charge is 0.350 e. The minimum atomic E-state index is -0.502. The Morgan fingerprint density at radius 1 is 0.938 bits per heavy atom. The lowest BCUT2D eigenvalue weighted by Crippen LogP contribution is -2.27. The van der Waals surface area contributed by atoms with Gasteiger partial charge in [-0.25, -0.2) is 9.48 Å². The summed E-state index contributed by atoms with van der Waals surface area (Å²) in [5.74, 6) is 0.385. The molecule has 162 valence electrons. The number of pyridine rings is 1. The molecule has 0 spiro atoms. The van der Waals surface area contributed by atoms with Crippen LogP contribution in [0.15, 0.2) is 77.7 Å². The molecule has 4 rings (SSSR count). The van der Waals surface area contributed by atoms with Gasteiger partial charge in [-0.05, 0) is 67.1 Å². The third kappa shape index (κ3) is 4.67. The van der Waals surface area contributed by atoms with Crippen LogP contribution in [0.2, 0.25) is 0 Å². The molecule has 9 nitrogen and oxygen atoms in total. The van der Waals surface area contributed by atoms with Gasteiger partial charge >= 0.3 is 5.69 Å². The molecule has 0 unspecified atom stereocenters. The Hall–Kier alpha value is -4.40. The molecule has 0 fully saturated rings. The monoisotopic (exact) mass is 431 g/mol. The topological polar surface area (TPSA) is 121 Å². The lowest BCUT2D eigenvalue weighted by atomic mass is 10.2. The number of carbonyl (C=O) groups excluding carboxylic acids is 2. The SMILES string of the molecule is NC(=O)c1ccc(Oc2ccc(C(=O)NCCCn3nc4ccccn4c3=O)cc2)cc1. The minimum Gasteiger partial charge on any atom is -0.457 e. The first-order valence-corrected chi connectivity index (χ1v) is 10.0. The first-order chi connectivity index (χ1) is 15.5. The van der Waals surface area contributed by atoms with Crippen LogP contribution in [-0.4, -0.2) is 32.5 Å². The third-order valence-corrected chi connectivity index (χ3v) is 4.81. The number of aryl methyl sites for hydroxylation is 1. The second-order valence-corrected chi connectivity index (χ2v) is 7.06. The molecule has 0 aliphatic carbocycles. The van der Waals surface area contributed by atoms with E-state index in [0.717, 1.165) is 0 Å². The number of fused-ring (bicyclic) bond motifs is 1. The van der Waals surface area contributed by atoms with E-state index in [4.69, 9.17) is 10.5 Å². The van der Waals surface area contributed by atoms with Crippen LogP contribution in [0.1, 0.15) is 27.1 Å². The van der Waals surface area contributed by atoms with Gasteiger partial charge in [-0.1, -0.05) is 6.07 Å². The molecule has 2 amide bonds.